The summed E-state index contributed by atoms with van der Waals surface area (Å²) in [7, 11) is 0. The summed E-state index contributed by atoms with van der Waals surface area (Å²) in [4.78, 5) is 0. The summed E-state index contributed by atoms with van der Waals surface area (Å²) in [6, 6.07) is 43.6. The van der Waals surface area contributed by atoms with Crippen LogP contribution in [0.1, 0.15) is 11.1 Å². The molecule has 1 aromatic heterocycles. The number of H-pyrrole nitrogens is 1. The molecule has 1 heterocycles. The first-order valence-electron chi connectivity index (χ1n) is 12.4. The smallest absolute Gasteiger partial charge is 0.161 e. The van der Waals surface area contributed by atoms with Gasteiger partial charge in [0.2, 0.25) is 0 Å². The predicted octanol–water partition coefficient (Wildman–Crippen LogP) is 8.76. The molecule has 0 atom stereocenters. The van der Waals surface area contributed by atoms with E-state index in [9.17, 15) is 0 Å². The van der Waals surface area contributed by atoms with Crippen molar-refractivity contribution >= 4 is 15.9 Å². The number of benzene rings is 5. The maximum atomic E-state index is 3.57. The Labute approximate surface area is 231 Å². The summed E-state index contributed by atoms with van der Waals surface area (Å²) in [5, 5.41) is 13.0. The van der Waals surface area contributed by atoms with Crippen LogP contribution < -0.4 is 0 Å². The van der Waals surface area contributed by atoms with Gasteiger partial charge in [-0.2, -0.15) is 5.21 Å². The molecular formula is C33H27BrN4. The van der Waals surface area contributed by atoms with Crippen molar-refractivity contribution in [3.8, 4) is 44.5 Å². The zero-order chi connectivity index (χ0) is 26.2. The summed E-state index contributed by atoms with van der Waals surface area (Å²) < 4.78 is 0. The normalized spacial score (nSPS) is 10.5. The van der Waals surface area contributed by atoms with Gasteiger partial charge < -0.3 is 0 Å². The molecule has 0 unspecified atom stereocenters. The van der Waals surface area contributed by atoms with Gasteiger partial charge in [0, 0.05) is 5.33 Å². The average molecular weight is 560 g/mol. The number of hydrogen-bond donors (Lipinski definition) is 1. The number of rotatable bonds is 5. The van der Waals surface area contributed by atoms with Crippen LogP contribution in [0.3, 0.4) is 0 Å². The zero-order valence-electron chi connectivity index (χ0n) is 21.1. The van der Waals surface area contributed by atoms with Crippen molar-refractivity contribution in [2.45, 2.75) is 12.3 Å². The zero-order valence-corrected chi connectivity index (χ0v) is 22.6. The fourth-order valence-corrected chi connectivity index (χ4v) is 5.07. The van der Waals surface area contributed by atoms with Gasteiger partial charge in [-0.25, -0.2) is 0 Å². The van der Waals surface area contributed by atoms with E-state index >= 15 is 0 Å². The summed E-state index contributed by atoms with van der Waals surface area (Å²) >= 11 is 3.57. The van der Waals surface area contributed by atoms with Crippen molar-refractivity contribution < 1.29 is 0 Å². The van der Waals surface area contributed by atoms with Gasteiger partial charge in [0.1, 0.15) is 0 Å². The minimum absolute atomic E-state index is 0.865. The molecule has 0 spiro atoms. The van der Waals surface area contributed by atoms with E-state index in [4.69, 9.17) is 0 Å². The van der Waals surface area contributed by atoms with Gasteiger partial charge in [0.05, 0.1) is 0 Å². The second-order valence-corrected chi connectivity index (χ2v) is 9.40. The van der Waals surface area contributed by atoms with Crippen LogP contribution in [0.15, 0.2) is 128 Å². The second kappa shape index (κ2) is 12.3. The molecule has 5 heteroatoms. The van der Waals surface area contributed by atoms with E-state index in [2.05, 4.69) is 165 Å². The molecule has 5 aromatic carbocycles. The maximum absolute atomic E-state index is 3.57. The van der Waals surface area contributed by atoms with Crippen LogP contribution in [0.2, 0.25) is 0 Å². The van der Waals surface area contributed by atoms with Crippen molar-refractivity contribution in [3.05, 3.63) is 139 Å². The minimum Gasteiger partial charge on any atom is -0.177 e. The molecule has 0 fully saturated rings. The minimum atomic E-state index is 0.865. The monoisotopic (exact) mass is 558 g/mol. The number of hydrogen-bond acceptors (Lipinski definition) is 3. The highest BCUT2D eigenvalue weighted by Crippen LogP contribution is 2.45. The molecule has 1 N–H and O–H groups in total. The van der Waals surface area contributed by atoms with Crippen molar-refractivity contribution in [2.75, 3.05) is 0 Å². The molecule has 0 bridgehead atoms. The Bertz CT molecular complexity index is 1550. The van der Waals surface area contributed by atoms with Crippen LogP contribution in [-0.4, -0.2) is 20.6 Å². The highest BCUT2D eigenvalue weighted by atomic mass is 79.9. The summed E-state index contributed by atoms with van der Waals surface area (Å²) in [6.45, 7) is 2.26. The van der Waals surface area contributed by atoms with Crippen molar-refractivity contribution in [3.63, 3.8) is 0 Å². The topological polar surface area (TPSA) is 54.5 Å². The molecule has 38 heavy (non-hydrogen) atoms. The van der Waals surface area contributed by atoms with E-state index in [1.807, 2.05) is 0 Å². The fourth-order valence-electron chi connectivity index (χ4n) is 4.70. The molecule has 6 rings (SSSR count). The van der Waals surface area contributed by atoms with E-state index in [0.29, 0.717) is 0 Å². The van der Waals surface area contributed by atoms with Crippen LogP contribution in [-0.2, 0) is 5.33 Å². The number of alkyl halides is 1. The number of tetrazole rings is 1. The molecular weight excluding hydrogens is 532 g/mol. The number of halogens is 1. The third-order valence-electron chi connectivity index (χ3n) is 6.49. The van der Waals surface area contributed by atoms with Gasteiger partial charge in [-0.15, -0.1) is 10.2 Å². The van der Waals surface area contributed by atoms with Crippen LogP contribution in [0, 0.1) is 6.92 Å². The molecule has 0 radical (unpaired) electrons. The first kappa shape index (κ1) is 25.3. The Morgan fingerprint density at radius 2 is 1.13 bits per heavy atom. The molecule has 6 aromatic rings. The van der Waals surface area contributed by atoms with Gasteiger partial charge in [0.25, 0.3) is 0 Å². The lowest BCUT2D eigenvalue weighted by Crippen LogP contribution is -1.97. The quantitative estimate of drug-likeness (QED) is 0.215. The lowest BCUT2D eigenvalue weighted by molar-refractivity contribution is 0.881. The summed E-state index contributed by atoms with van der Waals surface area (Å²) in [5.41, 5.74) is 12.6. The fraction of sp³-hybridized carbons (Fsp3) is 0.0606. The molecule has 4 nitrogen and oxygen atoms in total. The van der Waals surface area contributed by atoms with Crippen LogP contribution in [0.5, 0.6) is 0 Å². The Kier molecular flexibility index (Phi) is 8.16. The third-order valence-corrected chi connectivity index (χ3v) is 7.13. The summed E-state index contributed by atoms with van der Waals surface area (Å²) in [6.07, 6.45) is 1.33. The van der Waals surface area contributed by atoms with E-state index in [-0.39, 0.29) is 0 Å². The highest BCUT2D eigenvalue weighted by molar-refractivity contribution is 9.08. The van der Waals surface area contributed by atoms with E-state index < -0.39 is 0 Å². The summed E-state index contributed by atoms with van der Waals surface area (Å²) in [5.74, 6) is 0. The lowest BCUT2D eigenvalue weighted by Gasteiger charge is -2.22. The Hall–Kier alpha value is -4.35. The largest absolute Gasteiger partial charge is 0.177 e. The third kappa shape index (κ3) is 5.63. The predicted molar refractivity (Wildman–Crippen MR) is 160 cm³/mol. The van der Waals surface area contributed by atoms with E-state index in [0.717, 1.165) is 5.33 Å². The number of aromatic nitrogens is 4. The Balaban J connectivity index is 0.000000529. The highest BCUT2D eigenvalue weighted by Gasteiger charge is 2.20. The molecule has 0 saturated carbocycles. The molecule has 0 amide bonds. The molecule has 0 saturated heterocycles. The van der Waals surface area contributed by atoms with Crippen molar-refractivity contribution in [1.82, 2.24) is 20.6 Å². The molecule has 0 aliphatic heterocycles. The van der Waals surface area contributed by atoms with Crippen LogP contribution in [0.25, 0.3) is 44.5 Å². The lowest BCUT2D eigenvalue weighted by atomic mass is 9.81. The van der Waals surface area contributed by atoms with Crippen molar-refractivity contribution in [2.24, 2.45) is 0 Å². The van der Waals surface area contributed by atoms with E-state index in [1.165, 1.54) is 62.0 Å². The van der Waals surface area contributed by atoms with Gasteiger partial charge in [-0.1, -0.05) is 136 Å². The SMILES string of the molecule is Cc1c(-c2ccc(CBr)cc2)cc(-c2ccccc2)c(-c2ccccc2)c1-c1ccccc1.c1nn[nH]n1. The van der Waals surface area contributed by atoms with Gasteiger partial charge >= 0.3 is 0 Å². The maximum Gasteiger partial charge on any atom is 0.161 e. The van der Waals surface area contributed by atoms with Crippen molar-refractivity contribution in [1.29, 1.82) is 0 Å². The first-order chi connectivity index (χ1) is 18.8. The molecule has 186 valence electrons. The van der Waals surface area contributed by atoms with Gasteiger partial charge in [-0.3, -0.25) is 0 Å². The van der Waals surface area contributed by atoms with E-state index in [1.54, 1.807) is 0 Å². The number of nitrogens with one attached hydrogen (secondary N) is 1. The molecule has 0 aliphatic rings. The van der Waals surface area contributed by atoms with Gasteiger partial charge in [0.15, 0.2) is 6.33 Å². The average Bonchev–Trinajstić information content (AvgIpc) is 3.59. The second-order valence-electron chi connectivity index (χ2n) is 8.84. The van der Waals surface area contributed by atoms with Gasteiger partial charge in [-0.05, 0) is 68.6 Å². The number of aromatic amines is 1. The number of nitrogens with zero attached hydrogens (tertiary/aromatic N) is 3. The Morgan fingerprint density at radius 3 is 1.61 bits per heavy atom. The van der Waals surface area contributed by atoms with Crippen LogP contribution >= 0.6 is 15.9 Å². The Morgan fingerprint density at radius 1 is 0.605 bits per heavy atom. The molecule has 0 aliphatic carbocycles. The van der Waals surface area contributed by atoms with Crippen LogP contribution in [0.4, 0.5) is 0 Å². The first-order valence-corrected chi connectivity index (χ1v) is 13.5. The standard InChI is InChI=1S/C32H25Br.CH2N4/c1-23-29(26-19-17-24(22-33)18-20-26)21-30(25-11-5-2-6-12-25)32(28-15-9-4-10-16-28)31(23)27-13-7-3-8-14-27;1-2-4-5-3-1/h2-21H,22H2,1H3;1H,(H,2,3,4,5).